The standard InChI is InChI=1S/C20H19BN7S/c21-19(26-15-4-5-22-11-15)13-3-6-23-18(8-13)28-20-27-16-2-1-12(7-17(16)29-20)14-9-24-25-10-14/h1-3,6-10,15,22,26H,4-5,11H2,(H,24,25)(H,23,27,28). The molecule has 4 N–H and O–H groups in total. The molecule has 0 aliphatic carbocycles. The van der Waals surface area contributed by atoms with Gasteiger partial charge in [0.15, 0.2) is 0 Å². The van der Waals surface area contributed by atoms with E-state index in [-0.39, 0.29) is 0 Å². The van der Waals surface area contributed by atoms with Crippen molar-refractivity contribution in [2.75, 3.05) is 18.4 Å². The number of benzene rings is 1. The SMILES string of the molecule is [B]=C(NC1CCNC1)c1ccnc(Nc2nc3ccc(-c4cn[nH]c4)cc3s2)c1. The first kappa shape index (κ1) is 18.0. The Morgan fingerprint density at radius 2 is 2.17 bits per heavy atom. The van der Waals surface area contributed by atoms with Crippen LogP contribution in [0.2, 0.25) is 0 Å². The zero-order chi connectivity index (χ0) is 19.6. The second-order valence-corrected chi connectivity index (χ2v) is 8.02. The minimum absolute atomic E-state index is 0.369. The number of fused-ring (bicyclic) bond motifs is 1. The molecule has 1 radical (unpaired) electrons. The molecule has 1 atom stereocenters. The fraction of sp³-hybridized carbons (Fsp3) is 0.200. The molecule has 143 valence electrons. The van der Waals surface area contributed by atoms with Crippen LogP contribution in [0.3, 0.4) is 0 Å². The van der Waals surface area contributed by atoms with E-state index in [0.29, 0.717) is 17.4 Å². The number of nitrogens with one attached hydrogen (secondary N) is 4. The van der Waals surface area contributed by atoms with Gasteiger partial charge in [0.25, 0.3) is 0 Å². The van der Waals surface area contributed by atoms with Crippen LogP contribution in [0, 0.1) is 0 Å². The van der Waals surface area contributed by atoms with Crippen molar-refractivity contribution in [3.63, 3.8) is 0 Å². The quantitative estimate of drug-likeness (QED) is 0.372. The molecule has 1 saturated heterocycles. The van der Waals surface area contributed by atoms with E-state index in [0.717, 1.165) is 51.5 Å². The van der Waals surface area contributed by atoms with Gasteiger partial charge in [-0.25, -0.2) is 0 Å². The average molecular weight is 400 g/mol. The van der Waals surface area contributed by atoms with Gasteiger partial charge >= 0.3 is 163 Å². The summed E-state index contributed by atoms with van der Waals surface area (Å²) >= 11 is 1.59. The molecule has 4 aromatic rings. The Bertz CT molecular complexity index is 1150. The van der Waals surface area contributed by atoms with Crippen molar-refractivity contribution in [2.45, 2.75) is 12.5 Å². The van der Waals surface area contributed by atoms with Gasteiger partial charge in [-0.2, -0.15) is 5.10 Å². The van der Waals surface area contributed by atoms with Gasteiger partial charge in [0.2, 0.25) is 0 Å². The summed E-state index contributed by atoms with van der Waals surface area (Å²) in [7, 11) is 6.26. The van der Waals surface area contributed by atoms with Crippen LogP contribution >= 0.6 is 11.3 Å². The zero-order valence-corrected chi connectivity index (χ0v) is 16.5. The molecule has 0 bridgehead atoms. The fourth-order valence-electron chi connectivity index (χ4n) is 3.42. The van der Waals surface area contributed by atoms with Crippen LogP contribution in [-0.2, 0) is 0 Å². The first-order valence-corrected chi connectivity index (χ1v) is 10.3. The van der Waals surface area contributed by atoms with Crippen molar-refractivity contribution >= 4 is 45.6 Å². The Kier molecular flexibility index (Phi) is 4.83. The monoisotopic (exact) mass is 400 g/mol. The van der Waals surface area contributed by atoms with E-state index >= 15 is 0 Å². The van der Waals surface area contributed by atoms with Gasteiger partial charge in [0, 0.05) is 0 Å². The summed E-state index contributed by atoms with van der Waals surface area (Å²) < 4.78 is 1.10. The molecule has 4 heterocycles. The number of rotatable bonds is 6. The van der Waals surface area contributed by atoms with E-state index in [1.807, 2.05) is 30.6 Å². The molecule has 7 nitrogen and oxygen atoms in total. The third-order valence-electron chi connectivity index (χ3n) is 4.95. The van der Waals surface area contributed by atoms with E-state index < -0.39 is 0 Å². The molecule has 0 amide bonds. The molecule has 0 spiro atoms. The van der Waals surface area contributed by atoms with Crippen LogP contribution in [-0.4, -0.2) is 52.4 Å². The predicted octanol–water partition coefficient (Wildman–Crippen LogP) is 2.42. The van der Waals surface area contributed by atoms with Crippen LogP contribution in [0.5, 0.6) is 0 Å². The molecule has 1 fully saturated rings. The summed E-state index contributed by atoms with van der Waals surface area (Å²) in [6.45, 7) is 1.96. The normalized spacial score (nSPS) is 16.2. The van der Waals surface area contributed by atoms with E-state index in [1.54, 1.807) is 17.5 Å². The third-order valence-corrected chi connectivity index (χ3v) is 5.88. The summed E-state index contributed by atoms with van der Waals surface area (Å²) in [5.74, 6) is 0.714. The number of thiazole rings is 1. The van der Waals surface area contributed by atoms with Crippen molar-refractivity contribution in [2.24, 2.45) is 0 Å². The Morgan fingerprint density at radius 3 is 3.00 bits per heavy atom. The minimum atomic E-state index is 0.369. The van der Waals surface area contributed by atoms with Gasteiger partial charge in [0.05, 0.1) is 0 Å². The fourth-order valence-corrected chi connectivity index (χ4v) is 4.34. The van der Waals surface area contributed by atoms with Gasteiger partial charge < -0.3 is 0 Å². The number of hydrogen-bond acceptors (Lipinski definition) is 7. The number of aromatic amines is 1. The molecule has 3 aromatic heterocycles. The van der Waals surface area contributed by atoms with Crippen LogP contribution in [0.1, 0.15) is 12.0 Å². The Morgan fingerprint density at radius 1 is 1.21 bits per heavy atom. The number of anilines is 2. The van der Waals surface area contributed by atoms with Gasteiger partial charge in [-0.3, -0.25) is 5.10 Å². The topological polar surface area (TPSA) is 90.6 Å². The molecule has 1 aromatic carbocycles. The van der Waals surface area contributed by atoms with Crippen molar-refractivity contribution in [3.8, 4) is 11.1 Å². The number of hydrogen-bond donors (Lipinski definition) is 4. The van der Waals surface area contributed by atoms with Crippen LogP contribution in [0.15, 0.2) is 48.9 Å². The maximum atomic E-state index is 6.26. The summed E-state index contributed by atoms with van der Waals surface area (Å²) in [5.41, 5.74) is 4.69. The van der Waals surface area contributed by atoms with E-state index in [2.05, 4.69) is 48.2 Å². The van der Waals surface area contributed by atoms with Gasteiger partial charge in [-0.15, -0.1) is 0 Å². The Hall–Kier alpha value is -3.04. The third kappa shape index (κ3) is 3.92. The van der Waals surface area contributed by atoms with Gasteiger partial charge in [-0.1, -0.05) is 0 Å². The molecule has 0 saturated carbocycles. The molecule has 1 aliphatic heterocycles. The van der Waals surface area contributed by atoms with Crippen molar-refractivity contribution in [1.82, 2.24) is 30.8 Å². The first-order chi connectivity index (χ1) is 14.2. The van der Waals surface area contributed by atoms with Crippen molar-refractivity contribution < 1.29 is 0 Å². The summed E-state index contributed by atoms with van der Waals surface area (Å²) in [6.07, 6.45) is 6.52. The van der Waals surface area contributed by atoms with Crippen molar-refractivity contribution in [1.29, 1.82) is 0 Å². The van der Waals surface area contributed by atoms with Crippen LogP contribution in [0.25, 0.3) is 21.3 Å². The number of nitrogens with zero attached hydrogens (tertiary/aromatic N) is 3. The summed E-state index contributed by atoms with van der Waals surface area (Å²) in [5, 5.41) is 17.7. The maximum absolute atomic E-state index is 6.26. The summed E-state index contributed by atoms with van der Waals surface area (Å²) in [6, 6.07) is 10.4. The van der Waals surface area contributed by atoms with Gasteiger partial charge in [0.1, 0.15) is 0 Å². The average Bonchev–Trinajstić information content (AvgIpc) is 3.49. The first-order valence-electron chi connectivity index (χ1n) is 9.47. The van der Waals surface area contributed by atoms with Crippen molar-refractivity contribution in [3.05, 3.63) is 54.5 Å². The molecule has 1 unspecified atom stereocenters. The molecular formula is C20H19BN7S. The van der Waals surface area contributed by atoms with Crippen LogP contribution in [0.4, 0.5) is 10.9 Å². The second-order valence-electron chi connectivity index (χ2n) is 6.99. The summed E-state index contributed by atoms with van der Waals surface area (Å²) in [4.78, 5) is 9.08. The zero-order valence-electron chi connectivity index (χ0n) is 15.6. The molecule has 9 heteroatoms. The molecule has 29 heavy (non-hydrogen) atoms. The number of H-pyrrole nitrogens is 1. The second kappa shape index (κ2) is 7.77. The van der Waals surface area contributed by atoms with Crippen LogP contribution < -0.4 is 16.0 Å². The molecule has 1 aliphatic rings. The number of aromatic nitrogens is 4. The predicted molar refractivity (Wildman–Crippen MR) is 119 cm³/mol. The molecular weight excluding hydrogens is 381 g/mol. The van der Waals surface area contributed by atoms with Gasteiger partial charge in [-0.05, 0) is 0 Å². The molecule has 5 rings (SSSR count). The van der Waals surface area contributed by atoms with E-state index in [4.69, 9.17) is 7.49 Å². The number of pyridine rings is 1. The Labute approximate surface area is 173 Å². The van der Waals surface area contributed by atoms with E-state index in [9.17, 15) is 0 Å². The Balaban J connectivity index is 1.34. The van der Waals surface area contributed by atoms with E-state index in [1.165, 1.54) is 0 Å².